The first-order valence-electron chi connectivity index (χ1n) is 6.86. The summed E-state index contributed by atoms with van der Waals surface area (Å²) in [5.41, 5.74) is 1.46. The molecule has 114 valence electrons. The van der Waals surface area contributed by atoms with Crippen molar-refractivity contribution in [1.82, 2.24) is 0 Å². The molecule has 0 aromatic heterocycles. The summed E-state index contributed by atoms with van der Waals surface area (Å²) in [5.74, 6) is -1.36. The molecule has 1 unspecified atom stereocenters. The molecule has 1 aliphatic rings. The number of nitrogens with zero attached hydrogens (tertiary/aromatic N) is 2. The smallest absolute Gasteiger partial charge is 0.389 e. The first-order valence-corrected chi connectivity index (χ1v) is 6.86. The van der Waals surface area contributed by atoms with Gasteiger partial charge in [-0.1, -0.05) is 6.07 Å². The van der Waals surface area contributed by atoms with Gasteiger partial charge in [0.15, 0.2) is 0 Å². The molecule has 1 saturated heterocycles. The minimum atomic E-state index is -4.21. The van der Waals surface area contributed by atoms with Gasteiger partial charge in [0.25, 0.3) is 0 Å². The number of alkyl halides is 3. The third-order valence-corrected chi connectivity index (χ3v) is 3.83. The Morgan fingerprint density at radius 3 is 2.71 bits per heavy atom. The van der Waals surface area contributed by atoms with Crippen LogP contribution in [0.5, 0.6) is 0 Å². The van der Waals surface area contributed by atoms with Gasteiger partial charge in [-0.2, -0.15) is 18.4 Å². The topological polar surface area (TPSA) is 47.3 Å². The molecule has 0 radical (unpaired) electrons. The summed E-state index contributed by atoms with van der Waals surface area (Å²) in [7, 11) is 0. The van der Waals surface area contributed by atoms with Crippen LogP contribution in [0.3, 0.4) is 0 Å². The Hall–Kier alpha value is -1.74. The van der Waals surface area contributed by atoms with Crippen LogP contribution in [-0.4, -0.2) is 24.4 Å². The van der Waals surface area contributed by atoms with Crippen molar-refractivity contribution in [2.75, 3.05) is 18.0 Å². The summed E-state index contributed by atoms with van der Waals surface area (Å²) in [6.07, 6.45) is -4.43. The predicted octanol–water partition coefficient (Wildman–Crippen LogP) is 3.39. The van der Waals surface area contributed by atoms with E-state index in [-0.39, 0.29) is 13.0 Å². The predicted molar refractivity (Wildman–Crippen MR) is 72.8 cm³/mol. The number of anilines is 1. The van der Waals surface area contributed by atoms with Gasteiger partial charge in [0, 0.05) is 24.3 Å². The van der Waals surface area contributed by atoms with Crippen molar-refractivity contribution >= 4 is 5.69 Å². The number of hydrogen-bond donors (Lipinski definition) is 1. The molecule has 0 aliphatic carbocycles. The highest BCUT2D eigenvalue weighted by Gasteiger charge is 2.42. The maximum Gasteiger partial charge on any atom is 0.393 e. The number of aliphatic hydroxyl groups excluding tert-OH is 1. The molecule has 1 aromatic carbocycles. The Bertz CT molecular complexity index is 549. The second-order valence-corrected chi connectivity index (χ2v) is 5.39. The molecule has 3 nitrogen and oxygen atoms in total. The Morgan fingerprint density at radius 1 is 1.43 bits per heavy atom. The number of piperidine rings is 1. The lowest BCUT2D eigenvalue weighted by molar-refractivity contribution is -0.176. The quantitative estimate of drug-likeness (QED) is 0.910. The molecule has 0 amide bonds. The van der Waals surface area contributed by atoms with Crippen LogP contribution >= 0.6 is 0 Å². The van der Waals surface area contributed by atoms with Crippen LogP contribution in [0.2, 0.25) is 0 Å². The van der Waals surface area contributed by atoms with Crippen LogP contribution < -0.4 is 4.90 Å². The summed E-state index contributed by atoms with van der Waals surface area (Å²) < 4.78 is 38.7. The molecular formula is C15H17F3N2O. The average molecular weight is 298 g/mol. The molecule has 1 heterocycles. The van der Waals surface area contributed by atoms with E-state index in [1.165, 1.54) is 0 Å². The molecule has 1 N–H and O–H groups in total. The summed E-state index contributed by atoms with van der Waals surface area (Å²) in [6, 6.07) is 6.71. The molecule has 6 heteroatoms. The lowest BCUT2D eigenvalue weighted by atomic mass is 9.95. The molecule has 1 aromatic rings. The van der Waals surface area contributed by atoms with Crippen molar-refractivity contribution in [1.29, 1.82) is 5.26 Å². The van der Waals surface area contributed by atoms with Gasteiger partial charge in [0.1, 0.15) is 0 Å². The van der Waals surface area contributed by atoms with Gasteiger partial charge < -0.3 is 10.0 Å². The largest absolute Gasteiger partial charge is 0.393 e. The fourth-order valence-electron chi connectivity index (χ4n) is 2.70. The van der Waals surface area contributed by atoms with E-state index in [1.54, 1.807) is 30.0 Å². The SMILES string of the molecule is C[C@H](O)c1ccc(C#N)cc1N1CCCC(C(F)(F)F)C1. The summed E-state index contributed by atoms with van der Waals surface area (Å²) >= 11 is 0. The number of aliphatic hydroxyl groups is 1. The van der Waals surface area contributed by atoms with Crippen molar-refractivity contribution in [3.05, 3.63) is 29.3 Å². The van der Waals surface area contributed by atoms with Gasteiger partial charge in [-0.15, -0.1) is 0 Å². The minimum Gasteiger partial charge on any atom is -0.389 e. The molecular weight excluding hydrogens is 281 g/mol. The van der Waals surface area contributed by atoms with Gasteiger partial charge in [0.05, 0.1) is 23.7 Å². The second-order valence-electron chi connectivity index (χ2n) is 5.39. The third kappa shape index (κ3) is 3.48. The zero-order valence-electron chi connectivity index (χ0n) is 11.7. The number of benzene rings is 1. The lowest BCUT2D eigenvalue weighted by Gasteiger charge is -2.36. The van der Waals surface area contributed by atoms with E-state index in [1.807, 2.05) is 6.07 Å². The van der Waals surface area contributed by atoms with Crippen molar-refractivity contribution in [3.8, 4) is 6.07 Å². The standard InChI is InChI=1S/C15H17F3N2O/c1-10(21)13-5-4-11(8-19)7-14(13)20-6-2-3-12(9-20)15(16,17)18/h4-5,7,10,12,21H,2-3,6,9H2,1H3/t10-,12?/m0/s1. The van der Waals surface area contributed by atoms with Crippen LogP contribution in [0, 0.1) is 17.2 Å². The molecule has 0 bridgehead atoms. The molecule has 0 saturated carbocycles. The zero-order valence-corrected chi connectivity index (χ0v) is 11.7. The van der Waals surface area contributed by atoms with Gasteiger partial charge in [-0.3, -0.25) is 0 Å². The number of halogens is 3. The van der Waals surface area contributed by atoms with Crippen LogP contribution in [-0.2, 0) is 0 Å². The molecule has 0 spiro atoms. The van der Waals surface area contributed by atoms with E-state index < -0.39 is 18.2 Å². The number of hydrogen-bond acceptors (Lipinski definition) is 3. The fraction of sp³-hybridized carbons (Fsp3) is 0.533. The van der Waals surface area contributed by atoms with Gasteiger partial charge in [0.2, 0.25) is 0 Å². The summed E-state index contributed by atoms with van der Waals surface area (Å²) in [4.78, 5) is 1.63. The molecule has 2 rings (SSSR count). The minimum absolute atomic E-state index is 0.127. The molecule has 1 fully saturated rings. The number of nitriles is 1. The lowest BCUT2D eigenvalue weighted by Crippen LogP contribution is -2.42. The monoisotopic (exact) mass is 298 g/mol. The van der Waals surface area contributed by atoms with Gasteiger partial charge >= 0.3 is 6.18 Å². The van der Waals surface area contributed by atoms with Crippen LogP contribution in [0.15, 0.2) is 18.2 Å². The number of rotatable bonds is 2. The Balaban J connectivity index is 2.34. The van der Waals surface area contributed by atoms with Crippen molar-refractivity contribution in [3.63, 3.8) is 0 Å². The van der Waals surface area contributed by atoms with E-state index in [9.17, 15) is 18.3 Å². The Labute approximate surface area is 121 Å². The van der Waals surface area contributed by atoms with Crippen LogP contribution in [0.1, 0.15) is 37.0 Å². The van der Waals surface area contributed by atoms with Crippen molar-refractivity contribution in [2.45, 2.75) is 32.0 Å². The average Bonchev–Trinajstić information content (AvgIpc) is 2.45. The highest BCUT2D eigenvalue weighted by Crippen LogP contribution is 2.37. The Kier molecular flexibility index (Phi) is 4.43. The molecule has 21 heavy (non-hydrogen) atoms. The van der Waals surface area contributed by atoms with E-state index in [0.29, 0.717) is 29.8 Å². The third-order valence-electron chi connectivity index (χ3n) is 3.83. The molecule has 2 atom stereocenters. The first kappa shape index (κ1) is 15.6. The van der Waals surface area contributed by atoms with E-state index >= 15 is 0 Å². The first-order chi connectivity index (χ1) is 9.82. The van der Waals surface area contributed by atoms with Crippen LogP contribution in [0.4, 0.5) is 18.9 Å². The van der Waals surface area contributed by atoms with E-state index in [0.717, 1.165) is 0 Å². The Morgan fingerprint density at radius 2 is 2.14 bits per heavy atom. The highest BCUT2D eigenvalue weighted by molar-refractivity contribution is 5.58. The highest BCUT2D eigenvalue weighted by atomic mass is 19.4. The van der Waals surface area contributed by atoms with Crippen molar-refractivity contribution < 1.29 is 18.3 Å². The summed E-state index contributed by atoms with van der Waals surface area (Å²) in [5, 5.41) is 18.8. The van der Waals surface area contributed by atoms with E-state index in [2.05, 4.69) is 0 Å². The second kappa shape index (κ2) is 5.94. The van der Waals surface area contributed by atoms with Crippen LogP contribution in [0.25, 0.3) is 0 Å². The van der Waals surface area contributed by atoms with Crippen molar-refractivity contribution in [2.24, 2.45) is 5.92 Å². The maximum absolute atomic E-state index is 12.9. The zero-order chi connectivity index (χ0) is 15.6. The van der Waals surface area contributed by atoms with Gasteiger partial charge in [-0.25, -0.2) is 0 Å². The van der Waals surface area contributed by atoms with E-state index in [4.69, 9.17) is 5.26 Å². The normalized spacial score (nSPS) is 21.0. The fourth-order valence-corrected chi connectivity index (χ4v) is 2.70. The maximum atomic E-state index is 12.9. The summed E-state index contributed by atoms with van der Waals surface area (Å²) in [6.45, 7) is 1.94. The molecule has 1 aliphatic heterocycles. The van der Waals surface area contributed by atoms with Gasteiger partial charge in [-0.05, 0) is 31.9 Å².